The minimum atomic E-state index is -5.19. The SMILES string of the molecule is CC[NH2+]C1C=CC2/C=C(C)\C=C/C(C)COC(=O)\C=C/C=C(C)\C=C/C2(C)C1.O=C([O-])C(F)(F)F. The highest BCUT2D eigenvalue weighted by Gasteiger charge is 2.35. The largest absolute Gasteiger partial charge is 0.542 e. The van der Waals surface area contributed by atoms with Crippen LogP contribution in [-0.4, -0.2) is 37.3 Å². The number of esters is 1. The van der Waals surface area contributed by atoms with Crippen LogP contribution in [0.15, 0.2) is 71.9 Å². The van der Waals surface area contributed by atoms with E-state index in [1.54, 1.807) is 6.08 Å². The number of quaternary nitrogens is 1. The number of carboxylic acid groups (broad SMARTS) is 1. The number of carboxylic acids is 1. The van der Waals surface area contributed by atoms with Crippen LogP contribution in [0.1, 0.15) is 41.0 Å². The molecule has 1 heterocycles. The monoisotopic (exact) mass is 495 g/mol. The fourth-order valence-corrected chi connectivity index (χ4v) is 3.71. The standard InChI is InChI=1S/C25H35NO2.C2HF3O2/c1-6-26-23-13-12-22-16-20(3)10-11-21(4)18-28-24(27)9-7-8-19(2)14-15-25(22,5)17-23;3-2(4,5)1(6)7/h7-16,21-23,26H,6,17-18H2,1-5H3;(H,6,7)/b9-7-,11-10-,15-14-,19-8-,20-16-;. The molecule has 2 rings (SSSR count). The van der Waals surface area contributed by atoms with Gasteiger partial charge in [-0.1, -0.05) is 73.6 Å². The summed E-state index contributed by atoms with van der Waals surface area (Å²) in [5.41, 5.74) is 2.42. The van der Waals surface area contributed by atoms with Crippen molar-refractivity contribution in [3.05, 3.63) is 71.9 Å². The van der Waals surface area contributed by atoms with Gasteiger partial charge in [0.05, 0.1) is 13.2 Å². The van der Waals surface area contributed by atoms with E-state index in [0.29, 0.717) is 18.6 Å². The molecule has 4 unspecified atom stereocenters. The number of cyclic esters (lactones) is 1. The Bertz CT molecular complexity index is 912. The van der Waals surface area contributed by atoms with Crippen LogP contribution in [0, 0.1) is 17.3 Å². The number of hydrogen-bond donors (Lipinski definition) is 1. The third kappa shape index (κ3) is 11.4. The second-order valence-corrected chi connectivity index (χ2v) is 9.19. The summed E-state index contributed by atoms with van der Waals surface area (Å²) in [6, 6.07) is 0.518. The van der Waals surface area contributed by atoms with Crippen LogP contribution in [-0.2, 0) is 14.3 Å². The number of fused-ring (bicyclic) bond motifs is 1. The van der Waals surface area contributed by atoms with Gasteiger partial charge in [-0.05, 0) is 26.8 Å². The van der Waals surface area contributed by atoms with Crippen LogP contribution in [0.25, 0.3) is 0 Å². The van der Waals surface area contributed by atoms with Crippen molar-refractivity contribution in [2.45, 2.75) is 53.3 Å². The van der Waals surface area contributed by atoms with Crippen molar-refractivity contribution in [1.29, 1.82) is 0 Å². The molecule has 0 fully saturated rings. The third-order valence-electron chi connectivity index (χ3n) is 5.71. The number of allylic oxidation sites excluding steroid dienone is 9. The molecule has 0 bridgehead atoms. The van der Waals surface area contributed by atoms with E-state index in [4.69, 9.17) is 14.6 Å². The zero-order valence-electron chi connectivity index (χ0n) is 21.0. The average Bonchev–Trinajstić information content (AvgIpc) is 2.76. The van der Waals surface area contributed by atoms with Crippen molar-refractivity contribution in [3.63, 3.8) is 0 Å². The van der Waals surface area contributed by atoms with Crippen molar-refractivity contribution >= 4 is 11.9 Å². The summed E-state index contributed by atoms with van der Waals surface area (Å²) in [4.78, 5) is 20.6. The fraction of sp³-hybridized carbons (Fsp3) is 0.481. The van der Waals surface area contributed by atoms with E-state index in [9.17, 15) is 18.0 Å². The lowest BCUT2D eigenvalue weighted by Crippen LogP contribution is -2.89. The molecule has 0 amide bonds. The van der Waals surface area contributed by atoms with Crippen molar-refractivity contribution in [2.75, 3.05) is 13.2 Å². The van der Waals surface area contributed by atoms with Gasteiger partial charge in [-0.15, -0.1) is 0 Å². The first-order valence-electron chi connectivity index (χ1n) is 11.6. The molecule has 0 aromatic rings. The Balaban J connectivity index is 0.000000762. The summed E-state index contributed by atoms with van der Waals surface area (Å²) >= 11 is 0. The highest BCUT2D eigenvalue weighted by molar-refractivity contribution is 5.82. The van der Waals surface area contributed by atoms with Crippen LogP contribution in [0.4, 0.5) is 13.2 Å². The highest BCUT2D eigenvalue weighted by atomic mass is 19.4. The lowest BCUT2D eigenvalue weighted by molar-refractivity contribution is -0.678. The average molecular weight is 496 g/mol. The van der Waals surface area contributed by atoms with E-state index >= 15 is 0 Å². The lowest BCUT2D eigenvalue weighted by atomic mass is 9.68. The Hall–Kier alpha value is -2.87. The molecule has 0 radical (unpaired) electrons. The van der Waals surface area contributed by atoms with Crippen LogP contribution >= 0.6 is 0 Å². The number of aliphatic carboxylic acids is 1. The molecule has 0 saturated carbocycles. The molecular formula is C27H36F3NO4. The Kier molecular flexibility index (Phi) is 12.0. The zero-order chi connectivity index (χ0) is 26.6. The molecule has 0 saturated heterocycles. The summed E-state index contributed by atoms with van der Waals surface area (Å²) in [7, 11) is 0. The van der Waals surface area contributed by atoms with Gasteiger partial charge < -0.3 is 20.0 Å². The second-order valence-electron chi connectivity index (χ2n) is 9.19. The van der Waals surface area contributed by atoms with Gasteiger partial charge in [0.2, 0.25) is 0 Å². The van der Waals surface area contributed by atoms with E-state index in [1.165, 1.54) is 11.6 Å². The summed E-state index contributed by atoms with van der Waals surface area (Å²) < 4.78 is 36.9. The Morgan fingerprint density at radius 3 is 2.43 bits per heavy atom. The molecule has 35 heavy (non-hydrogen) atoms. The maximum absolute atomic E-state index is 11.8. The number of hydrogen-bond acceptors (Lipinski definition) is 4. The Morgan fingerprint density at radius 1 is 1.17 bits per heavy atom. The topological polar surface area (TPSA) is 83.0 Å². The number of nitrogens with two attached hydrogens (primary N) is 1. The number of rotatable bonds is 2. The summed E-state index contributed by atoms with van der Waals surface area (Å²) in [5.74, 6) is -2.76. The van der Waals surface area contributed by atoms with Crippen LogP contribution in [0.3, 0.4) is 0 Å². The molecule has 1 aliphatic carbocycles. The number of likely N-dealkylation sites (N-methyl/N-ethyl adjacent to an activating group) is 1. The molecule has 194 valence electrons. The van der Waals surface area contributed by atoms with Crippen molar-refractivity contribution in [1.82, 2.24) is 0 Å². The van der Waals surface area contributed by atoms with Gasteiger partial charge >= 0.3 is 12.1 Å². The number of carbonyl (C=O) groups excluding carboxylic acids is 2. The molecular weight excluding hydrogens is 459 g/mol. The molecule has 0 aromatic heterocycles. The Labute approximate surface area is 205 Å². The van der Waals surface area contributed by atoms with Crippen LogP contribution in [0.5, 0.6) is 0 Å². The molecule has 5 nitrogen and oxygen atoms in total. The van der Waals surface area contributed by atoms with E-state index in [2.05, 4.69) is 82.5 Å². The minimum absolute atomic E-state index is 0.0562. The number of carbonyl (C=O) groups is 2. The lowest BCUT2D eigenvalue weighted by Gasteiger charge is -2.37. The fourth-order valence-electron chi connectivity index (χ4n) is 3.71. The number of ether oxygens (including phenoxy) is 1. The van der Waals surface area contributed by atoms with Crippen molar-refractivity contribution in [3.8, 4) is 0 Å². The maximum atomic E-state index is 11.8. The van der Waals surface area contributed by atoms with Gasteiger partial charge in [0.1, 0.15) is 12.0 Å². The summed E-state index contributed by atoms with van der Waals surface area (Å²) in [6.45, 7) is 12.3. The molecule has 8 heteroatoms. The Morgan fingerprint density at radius 2 is 1.83 bits per heavy atom. The van der Waals surface area contributed by atoms with Crippen molar-refractivity contribution < 1.29 is 37.9 Å². The molecule has 4 atom stereocenters. The smallest absolute Gasteiger partial charge is 0.430 e. The summed E-state index contributed by atoms with van der Waals surface area (Å²) in [5, 5.41) is 11.2. The van der Waals surface area contributed by atoms with E-state index in [0.717, 1.165) is 18.5 Å². The predicted octanol–water partition coefficient (Wildman–Crippen LogP) is 3.57. The van der Waals surface area contributed by atoms with Crippen LogP contribution in [0.2, 0.25) is 0 Å². The van der Waals surface area contributed by atoms with Gasteiger partial charge in [-0.25, -0.2) is 4.79 Å². The molecule has 0 aromatic carbocycles. The van der Waals surface area contributed by atoms with Gasteiger partial charge in [0.25, 0.3) is 0 Å². The molecule has 1 aliphatic heterocycles. The molecule has 0 spiro atoms. The molecule has 2 N–H and O–H groups in total. The second kappa shape index (κ2) is 13.9. The first-order chi connectivity index (χ1) is 16.3. The predicted molar refractivity (Wildman–Crippen MR) is 128 cm³/mol. The number of halogens is 3. The van der Waals surface area contributed by atoms with Gasteiger partial charge in [0, 0.05) is 29.7 Å². The minimum Gasteiger partial charge on any atom is -0.542 e. The van der Waals surface area contributed by atoms with E-state index in [1.807, 2.05) is 6.08 Å². The maximum Gasteiger partial charge on any atom is 0.430 e. The zero-order valence-corrected chi connectivity index (χ0v) is 21.0. The molecule has 2 aliphatic rings. The summed E-state index contributed by atoms with van der Waals surface area (Å²) in [6.07, 6.45) is 17.0. The quantitative estimate of drug-likeness (QED) is 0.469. The van der Waals surface area contributed by atoms with Gasteiger partial charge in [-0.3, -0.25) is 0 Å². The van der Waals surface area contributed by atoms with E-state index < -0.39 is 12.1 Å². The van der Waals surface area contributed by atoms with Crippen LogP contribution < -0.4 is 10.4 Å². The number of alkyl halides is 3. The van der Waals surface area contributed by atoms with E-state index in [-0.39, 0.29) is 17.3 Å². The third-order valence-corrected chi connectivity index (χ3v) is 5.71. The highest BCUT2D eigenvalue weighted by Crippen LogP contribution is 2.40. The first kappa shape index (κ1) is 30.2. The normalized spacial score (nSPS) is 33.4. The van der Waals surface area contributed by atoms with Crippen molar-refractivity contribution in [2.24, 2.45) is 17.3 Å². The van der Waals surface area contributed by atoms with Gasteiger partial charge in [-0.2, -0.15) is 13.2 Å². The van der Waals surface area contributed by atoms with Gasteiger partial charge in [0.15, 0.2) is 0 Å². The first-order valence-corrected chi connectivity index (χ1v) is 11.6.